The zero-order valence-corrected chi connectivity index (χ0v) is 13.2. The van der Waals surface area contributed by atoms with Gasteiger partial charge in [0, 0.05) is 12.6 Å². The minimum absolute atomic E-state index is 0.536. The van der Waals surface area contributed by atoms with Crippen LogP contribution in [-0.4, -0.2) is 25.8 Å². The molecule has 1 aromatic rings. The van der Waals surface area contributed by atoms with Crippen molar-refractivity contribution in [3.05, 3.63) is 34.9 Å². The molecule has 0 aliphatic carbocycles. The van der Waals surface area contributed by atoms with Gasteiger partial charge in [0.15, 0.2) is 0 Å². The second-order valence-electron chi connectivity index (χ2n) is 6.25. The Balaban J connectivity index is 1.78. The van der Waals surface area contributed by atoms with Gasteiger partial charge in [-0.1, -0.05) is 29.3 Å². The molecule has 2 nitrogen and oxygen atoms in total. The molecular formula is C18H29NO. The Morgan fingerprint density at radius 3 is 2.60 bits per heavy atom. The molecule has 1 aromatic carbocycles. The number of hydrogen-bond acceptors (Lipinski definition) is 2. The molecule has 0 saturated carbocycles. The summed E-state index contributed by atoms with van der Waals surface area (Å²) in [6.45, 7) is 5.34. The Hall–Kier alpha value is -0.860. The summed E-state index contributed by atoms with van der Waals surface area (Å²) in [6, 6.07) is 7.46. The smallest absolute Gasteiger partial charge is 0.0576 e. The molecule has 0 bridgehead atoms. The third-order valence-electron chi connectivity index (χ3n) is 4.27. The van der Waals surface area contributed by atoms with E-state index in [1.807, 2.05) is 0 Å². The third kappa shape index (κ3) is 4.92. The molecule has 2 unspecified atom stereocenters. The molecule has 2 heteroatoms. The zero-order valence-electron chi connectivity index (χ0n) is 13.2. The van der Waals surface area contributed by atoms with Gasteiger partial charge in [0.2, 0.25) is 0 Å². The second kappa shape index (κ2) is 7.80. The van der Waals surface area contributed by atoms with Crippen LogP contribution in [0.25, 0.3) is 0 Å². The molecule has 0 radical (unpaired) electrons. The van der Waals surface area contributed by atoms with Gasteiger partial charge in [0.05, 0.1) is 6.10 Å². The van der Waals surface area contributed by atoms with E-state index in [-0.39, 0.29) is 0 Å². The van der Waals surface area contributed by atoms with Crippen molar-refractivity contribution in [2.45, 2.75) is 64.5 Å². The van der Waals surface area contributed by atoms with Crippen molar-refractivity contribution in [1.82, 2.24) is 5.32 Å². The highest BCUT2D eigenvalue weighted by Gasteiger charge is 2.16. The highest BCUT2D eigenvalue weighted by Crippen LogP contribution is 2.19. The summed E-state index contributed by atoms with van der Waals surface area (Å²) < 4.78 is 5.70. The number of benzene rings is 1. The average molecular weight is 275 g/mol. The van der Waals surface area contributed by atoms with Crippen LogP contribution in [0.3, 0.4) is 0 Å². The summed E-state index contributed by atoms with van der Waals surface area (Å²) in [6.07, 6.45) is 7.91. The highest BCUT2D eigenvalue weighted by atomic mass is 16.5. The van der Waals surface area contributed by atoms with E-state index in [1.165, 1.54) is 48.8 Å². The summed E-state index contributed by atoms with van der Waals surface area (Å²) in [4.78, 5) is 0. The van der Waals surface area contributed by atoms with E-state index in [9.17, 15) is 0 Å². The lowest BCUT2D eigenvalue weighted by molar-refractivity contribution is 0.101. The van der Waals surface area contributed by atoms with Crippen molar-refractivity contribution in [1.29, 1.82) is 0 Å². The van der Waals surface area contributed by atoms with Gasteiger partial charge in [0.25, 0.3) is 0 Å². The van der Waals surface area contributed by atoms with Gasteiger partial charge in [-0.25, -0.2) is 0 Å². The largest absolute Gasteiger partial charge is 0.378 e. The first-order valence-electron chi connectivity index (χ1n) is 8.03. The summed E-state index contributed by atoms with van der Waals surface area (Å²) in [7, 11) is 2.08. The van der Waals surface area contributed by atoms with E-state index in [0.29, 0.717) is 12.1 Å². The van der Waals surface area contributed by atoms with Crippen molar-refractivity contribution < 1.29 is 4.74 Å². The summed E-state index contributed by atoms with van der Waals surface area (Å²) in [5, 5.41) is 3.47. The van der Waals surface area contributed by atoms with E-state index in [2.05, 4.69) is 44.4 Å². The monoisotopic (exact) mass is 275 g/mol. The minimum atomic E-state index is 0.536. The number of ether oxygens (including phenoxy) is 1. The van der Waals surface area contributed by atoms with E-state index in [0.717, 1.165) is 13.0 Å². The van der Waals surface area contributed by atoms with Crippen molar-refractivity contribution in [3.8, 4) is 0 Å². The Labute approximate surface area is 123 Å². The van der Waals surface area contributed by atoms with Gasteiger partial charge >= 0.3 is 0 Å². The van der Waals surface area contributed by atoms with E-state index in [1.54, 1.807) is 0 Å². The summed E-state index contributed by atoms with van der Waals surface area (Å²) in [5.74, 6) is 0. The van der Waals surface area contributed by atoms with Crippen molar-refractivity contribution in [3.63, 3.8) is 0 Å². The van der Waals surface area contributed by atoms with Crippen LogP contribution >= 0.6 is 0 Å². The molecular weight excluding hydrogens is 246 g/mol. The van der Waals surface area contributed by atoms with E-state index in [4.69, 9.17) is 4.74 Å². The molecule has 2 atom stereocenters. The van der Waals surface area contributed by atoms with Crippen LogP contribution in [0.2, 0.25) is 0 Å². The molecule has 1 fully saturated rings. The van der Waals surface area contributed by atoms with Crippen molar-refractivity contribution >= 4 is 0 Å². The quantitative estimate of drug-likeness (QED) is 0.817. The fourth-order valence-corrected chi connectivity index (χ4v) is 3.28. The van der Waals surface area contributed by atoms with Crippen LogP contribution in [0.15, 0.2) is 18.2 Å². The topological polar surface area (TPSA) is 21.3 Å². The minimum Gasteiger partial charge on any atom is -0.378 e. The van der Waals surface area contributed by atoms with Gasteiger partial charge in [0.1, 0.15) is 0 Å². The predicted molar refractivity (Wildman–Crippen MR) is 85.3 cm³/mol. The molecule has 112 valence electrons. The summed E-state index contributed by atoms with van der Waals surface area (Å²) in [5.41, 5.74) is 4.20. The van der Waals surface area contributed by atoms with E-state index >= 15 is 0 Å². The predicted octanol–water partition coefficient (Wildman–Crippen LogP) is 3.78. The van der Waals surface area contributed by atoms with Crippen molar-refractivity contribution in [2.75, 3.05) is 13.7 Å². The Morgan fingerprint density at radius 1 is 1.25 bits per heavy atom. The highest BCUT2D eigenvalue weighted by molar-refractivity contribution is 5.29. The first kappa shape index (κ1) is 15.5. The molecule has 1 aliphatic heterocycles. The lowest BCUT2D eigenvalue weighted by atomic mass is 9.97. The zero-order chi connectivity index (χ0) is 14.4. The molecule has 1 aliphatic rings. The van der Waals surface area contributed by atoms with Crippen LogP contribution < -0.4 is 5.32 Å². The molecule has 2 rings (SSSR count). The van der Waals surface area contributed by atoms with Crippen LogP contribution in [0.5, 0.6) is 0 Å². The number of aryl methyl sites for hydroxylation is 2. The maximum atomic E-state index is 5.70. The molecule has 1 saturated heterocycles. The fourth-order valence-electron chi connectivity index (χ4n) is 3.28. The molecule has 1 N–H and O–H groups in total. The van der Waals surface area contributed by atoms with Crippen LogP contribution in [0, 0.1) is 13.8 Å². The van der Waals surface area contributed by atoms with Crippen LogP contribution in [0.4, 0.5) is 0 Å². The Morgan fingerprint density at radius 2 is 2.00 bits per heavy atom. The average Bonchev–Trinajstić information content (AvgIpc) is 2.89. The second-order valence-corrected chi connectivity index (χ2v) is 6.25. The Bertz CT molecular complexity index is 390. The normalized spacial score (nSPS) is 20.2. The van der Waals surface area contributed by atoms with Crippen molar-refractivity contribution in [2.24, 2.45) is 0 Å². The third-order valence-corrected chi connectivity index (χ3v) is 4.27. The number of likely N-dealkylation sites (N-methyl/N-ethyl adjacent to an activating group) is 1. The standard InChI is InChI=1S/C18H29NO/c1-14-10-15(2)12-16(11-14)13-17(19-3)6-4-7-18-8-5-9-20-18/h10-12,17-19H,4-9,13H2,1-3H3. The SMILES string of the molecule is CNC(CCCC1CCCO1)Cc1cc(C)cc(C)c1. The maximum Gasteiger partial charge on any atom is 0.0576 e. The first-order chi connectivity index (χ1) is 9.67. The first-order valence-corrected chi connectivity index (χ1v) is 8.03. The van der Waals surface area contributed by atoms with Gasteiger partial charge in [-0.3, -0.25) is 0 Å². The number of nitrogens with one attached hydrogen (secondary N) is 1. The number of hydrogen-bond donors (Lipinski definition) is 1. The fraction of sp³-hybridized carbons (Fsp3) is 0.667. The van der Waals surface area contributed by atoms with E-state index < -0.39 is 0 Å². The van der Waals surface area contributed by atoms with Gasteiger partial charge in [-0.15, -0.1) is 0 Å². The summed E-state index contributed by atoms with van der Waals surface area (Å²) >= 11 is 0. The maximum absolute atomic E-state index is 5.70. The lowest BCUT2D eigenvalue weighted by Crippen LogP contribution is -2.27. The molecule has 20 heavy (non-hydrogen) atoms. The number of rotatable bonds is 7. The molecule has 1 heterocycles. The van der Waals surface area contributed by atoms with Crippen LogP contribution in [0.1, 0.15) is 48.8 Å². The van der Waals surface area contributed by atoms with Gasteiger partial charge in [-0.2, -0.15) is 0 Å². The molecule has 0 spiro atoms. The van der Waals surface area contributed by atoms with Gasteiger partial charge in [-0.05, 0) is 65.0 Å². The molecule has 0 amide bonds. The van der Waals surface area contributed by atoms with Gasteiger partial charge < -0.3 is 10.1 Å². The molecule has 0 aromatic heterocycles. The Kier molecular flexibility index (Phi) is 6.06. The van der Waals surface area contributed by atoms with Crippen LogP contribution in [-0.2, 0) is 11.2 Å². The lowest BCUT2D eigenvalue weighted by Gasteiger charge is -2.18.